The normalized spacial score (nSPS) is 20.0. The van der Waals surface area contributed by atoms with E-state index in [4.69, 9.17) is 4.99 Å². The first-order valence-electron chi connectivity index (χ1n) is 21.8. The standard InChI is InChI=1S/C38H42N4.C13H10.2C2H6.CH3.Sb/c1-6-8-9-11-23-33(29-34(39)24-18-20-31(3)38(41-5)19-7-2)37(32-21-12-10-13-22-32)30-36(40-4)27-15-14-25-35-26-16-17-28-42-35;1-2-5-9-12(8-4-1)13-10-6-3-7-11-13;2*1-2;;/h6-24,27-28,35,39-40H,1,25-26H2,2-5H3;1-4,6-8,10H,5H2;2*1-2H3;1H3;/b9-8-,15-14-,19-7-,23-11+,24-18-,31-20+,33-29?,36-27-,37-30?,39-34?,41-38?;;;;;. The van der Waals surface area contributed by atoms with Crippen LogP contribution >= 0.6 is 0 Å². The minimum absolute atomic E-state index is 0.251. The van der Waals surface area contributed by atoms with Crippen molar-refractivity contribution < 1.29 is 0 Å². The number of nitrogens with zero attached hydrogens (tertiary/aromatic N) is 2. The number of allylic oxidation sites excluding steroid dienone is 24. The van der Waals surface area contributed by atoms with E-state index in [1.165, 1.54) is 27.3 Å². The van der Waals surface area contributed by atoms with Gasteiger partial charge < -0.3 is 0 Å². The van der Waals surface area contributed by atoms with Gasteiger partial charge >= 0.3 is 344 Å². The zero-order chi connectivity index (χ0) is 44.3. The quantitative estimate of drug-likeness (QED) is 0.111. The van der Waals surface area contributed by atoms with E-state index >= 15 is 0 Å². The van der Waals surface area contributed by atoms with Gasteiger partial charge in [0, 0.05) is 0 Å². The first-order valence-corrected chi connectivity index (χ1v) is 29.5. The van der Waals surface area contributed by atoms with Crippen LogP contribution in [0.4, 0.5) is 0 Å². The van der Waals surface area contributed by atoms with Crippen molar-refractivity contribution in [1.82, 2.24) is 5.32 Å². The number of nitrogens with one attached hydrogen (secondary N) is 2. The van der Waals surface area contributed by atoms with Crippen LogP contribution < -0.4 is 8.83 Å². The molecule has 1 aliphatic carbocycles. The molecule has 316 valence electrons. The first-order chi connectivity index (χ1) is 29.8. The summed E-state index contributed by atoms with van der Waals surface area (Å²) in [6, 6.07) is 20.1. The molecule has 1 atom stereocenters. The van der Waals surface area contributed by atoms with E-state index in [1.54, 1.807) is 6.08 Å². The predicted molar refractivity (Wildman–Crippen MR) is 275 cm³/mol. The Bertz CT molecular complexity index is 2390. The van der Waals surface area contributed by atoms with Gasteiger partial charge in [0.15, 0.2) is 0 Å². The van der Waals surface area contributed by atoms with Gasteiger partial charge in [0.25, 0.3) is 0 Å². The zero-order valence-corrected chi connectivity index (χ0v) is 40.5. The van der Waals surface area contributed by atoms with Crippen LogP contribution in [0.15, 0.2) is 214 Å². The van der Waals surface area contributed by atoms with Crippen LogP contribution in [0.3, 0.4) is 0 Å². The monoisotopic (exact) mass is 916 g/mol. The number of likely N-dealkylation sites (N-methyl/N-ethyl adjacent to an activating group) is 1. The summed E-state index contributed by atoms with van der Waals surface area (Å²) in [5.41, 5.74) is 9.51. The van der Waals surface area contributed by atoms with E-state index in [0.29, 0.717) is 5.71 Å². The molecule has 6 rings (SSSR count). The molecule has 0 amide bonds. The molecule has 4 aliphatic rings. The third-order valence-corrected chi connectivity index (χ3v) is 30.0. The third kappa shape index (κ3) is 9.82. The van der Waals surface area contributed by atoms with Crippen LogP contribution in [0.1, 0.15) is 71.9 Å². The summed E-state index contributed by atoms with van der Waals surface area (Å²) in [6.45, 7) is 16.0. The Morgan fingerprint density at radius 2 is 1.66 bits per heavy atom. The molecule has 0 fully saturated rings. The summed E-state index contributed by atoms with van der Waals surface area (Å²) in [5, 5.41) is 14.1. The second-order valence-corrected chi connectivity index (χ2v) is 29.0. The van der Waals surface area contributed by atoms with E-state index in [2.05, 4.69) is 150 Å². The second kappa shape index (κ2) is 23.4. The van der Waals surface area contributed by atoms with Crippen molar-refractivity contribution in [1.29, 1.82) is 5.41 Å². The van der Waals surface area contributed by atoms with Crippen molar-refractivity contribution in [3.63, 3.8) is 0 Å². The van der Waals surface area contributed by atoms with Crippen LogP contribution in [-0.4, -0.2) is 55.2 Å². The molecule has 4 nitrogen and oxygen atoms in total. The number of rotatable bonds is 14. The Morgan fingerprint density at radius 3 is 2.34 bits per heavy atom. The van der Waals surface area contributed by atoms with Gasteiger partial charge in [-0.3, -0.25) is 0 Å². The van der Waals surface area contributed by atoms with Gasteiger partial charge in [0.1, 0.15) is 0 Å². The fourth-order valence-corrected chi connectivity index (χ4v) is 29.4. The number of aliphatic imine (C=N–C) groups is 2. The molecule has 0 aromatic heterocycles. The van der Waals surface area contributed by atoms with Crippen molar-refractivity contribution in [2.24, 2.45) is 9.98 Å². The topological polar surface area (TPSA) is 60.6 Å². The van der Waals surface area contributed by atoms with Gasteiger partial charge in [0.2, 0.25) is 0 Å². The van der Waals surface area contributed by atoms with Crippen molar-refractivity contribution in [2.45, 2.75) is 71.7 Å². The summed E-state index contributed by atoms with van der Waals surface area (Å²) >= 11 is -5.01. The fourth-order valence-electron chi connectivity index (χ4n) is 8.77. The molecular formula is C56H67N4Sb. The molecule has 2 aromatic rings. The SMILES string of the molecule is C=C/C=C\C=C\C1=[C](C(=N)/C=C\C=C(/C)C(/C=C\C)=NC)[Sb]2([CH3])([C]3=C(C=CC=CC3)c3cccc[c]32)[C](/C(=C/C=C\CC2CC=CC=N2)NC)=C1c1ccccc1.CC.CC. The molecule has 1 spiro atoms. The maximum Gasteiger partial charge on any atom is -0.0683 e. The average molecular weight is 918 g/mol. The molecule has 0 bridgehead atoms. The summed E-state index contributed by atoms with van der Waals surface area (Å²) in [5.74, 6) is 0. The maximum atomic E-state index is 10.4. The van der Waals surface area contributed by atoms with Gasteiger partial charge in [-0.25, -0.2) is 0 Å². The number of fused-ring (bicyclic) bond motifs is 4. The maximum absolute atomic E-state index is 10.4. The Labute approximate surface area is 369 Å². The van der Waals surface area contributed by atoms with E-state index < -0.39 is 17.4 Å². The molecule has 1 unspecified atom stereocenters. The number of hydrogen-bond acceptors (Lipinski definition) is 4. The van der Waals surface area contributed by atoms with E-state index in [0.717, 1.165) is 50.9 Å². The molecule has 3 aliphatic heterocycles. The summed E-state index contributed by atoms with van der Waals surface area (Å²) < 4.78 is 5.27. The Kier molecular flexibility index (Phi) is 18.5. The molecular weight excluding hydrogens is 850 g/mol. The summed E-state index contributed by atoms with van der Waals surface area (Å²) in [7, 11) is 3.87. The number of benzene rings is 2. The van der Waals surface area contributed by atoms with E-state index in [1.807, 2.05) is 97.5 Å². The molecule has 5 heteroatoms. The molecule has 3 heterocycles. The zero-order valence-electron chi connectivity index (χ0n) is 38.0. The summed E-state index contributed by atoms with van der Waals surface area (Å²) in [6.07, 6.45) is 44.7. The van der Waals surface area contributed by atoms with Gasteiger partial charge in [-0.2, -0.15) is 0 Å². The molecule has 2 aromatic carbocycles. The van der Waals surface area contributed by atoms with Crippen molar-refractivity contribution in [3.8, 4) is 0 Å². The Balaban J connectivity index is 0.00000199. The summed E-state index contributed by atoms with van der Waals surface area (Å²) in [4.78, 5) is 11.8. The van der Waals surface area contributed by atoms with Crippen LogP contribution in [-0.2, 0) is 0 Å². The van der Waals surface area contributed by atoms with Gasteiger partial charge in [0.05, 0.1) is 0 Å². The van der Waals surface area contributed by atoms with Gasteiger partial charge in [-0.05, 0) is 0 Å². The molecule has 0 saturated heterocycles. The predicted octanol–water partition coefficient (Wildman–Crippen LogP) is 13.6. The smallest absolute Gasteiger partial charge is 0.0683 e. The second-order valence-electron chi connectivity index (χ2n) is 14.6. The van der Waals surface area contributed by atoms with E-state index in [9.17, 15) is 5.41 Å². The van der Waals surface area contributed by atoms with E-state index in [-0.39, 0.29) is 6.04 Å². The molecule has 2 N–H and O–H groups in total. The number of dihydropyridines is 1. The molecule has 0 radical (unpaired) electrons. The minimum atomic E-state index is -5.01. The minimum Gasteiger partial charge on any atom is -0.0683 e. The largest absolute Gasteiger partial charge is 0.0683 e. The third-order valence-electron chi connectivity index (χ3n) is 11.3. The van der Waals surface area contributed by atoms with Gasteiger partial charge in [-0.1, -0.05) is 27.7 Å². The first kappa shape index (κ1) is 48.1. The Hall–Kier alpha value is -5.57. The molecule has 61 heavy (non-hydrogen) atoms. The fraction of sp³-hybridized carbons (Fsp3) is 0.232. The van der Waals surface area contributed by atoms with Crippen molar-refractivity contribution >= 4 is 49.7 Å². The molecule has 0 saturated carbocycles. The van der Waals surface area contributed by atoms with Crippen molar-refractivity contribution in [2.75, 3.05) is 14.1 Å². The van der Waals surface area contributed by atoms with Crippen LogP contribution in [0.5, 0.6) is 0 Å². The van der Waals surface area contributed by atoms with Crippen molar-refractivity contribution in [3.05, 3.63) is 215 Å². The number of hydrogen-bond donors (Lipinski definition) is 2. The Morgan fingerprint density at radius 1 is 0.902 bits per heavy atom. The van der Waals surface area contributed by atoms with Gasteiger partial charge in [-0.15, -0.1) is 0 Å². The van der Waals surface area contributed by atoms with Crippen LogP contribution in [0.25, 0.3) is 11.1 Å². The average Bonchev–Trinajstić information content (AvgIpc) is 3.48. The van der Waals surface area contributed by atoms with Crippen LogP contribution in [0, 0.1) is 5.41 Å². The van der Waals surface area contributed by atoms with Crippen LogP contribution in [0.2, 0.25) is 4.87 Å².